The van der Waals surface area contributed by atoms with Gasteiger partial charge in [-0.15, -0.1) is 0 Å². The molecule has 1 amide bonds. The van der Waals surface area contributed by atoms with Crippen molar-refractivity contribution in [2.45, 2.75) is 6.92 Å². The summed E-state index contributed by atoms with van der Waals surface area (Å²) in [6.45, 7) is 2.01. The van der Waals surface area contributed by atoms with Crippen molar-refractivity contribution in [3.8, 4) is 11.5 Å². The van der Waals surface area contributed by atoms with Crippen molar-refractivity contribution >= 4 is 39.4 Å². The third-order valence-electron chi connectivity index (χ3n) is 4.98. The van der Waals surface area contributed by atoms with Crippen LogP contribution in [0, 0.1) is 6.92 Å². The zero-order valence-electron chi connectivity index (χ0n) is 17.4. The number of anilines is 1. The summed E-state index contributed by atoms with van der Waals surface area (Å²) >= 11 is 3.59. The summed E-state index contributed by atoms with van der Waals surface area (Å²) in [6.07, 6.45) is 1.76. The number of methoxy groups -OCH3 is 2. The fourth-order valence-electron chi connectivity index (χ4n) is 3.37. The van der Waals surface area contributed by atoms with Gasteiger partial charge in [-0.25, -0.2) is 4.99 Å². The average molecular weight is 477 g/mol. The minimum absolute atomic E-state index is 0.190. The molecular formula is C25H21BrN2O3. The molecule has 0 N–H and O–H groups in total. The van der Waals surface area contributed by atoms with Crippen molar-refractivity contribution in [2.75, 3.05) is 19.1 Å². The van der Waals surface area contributed by atoms with E-state index in [9.17, 15) is 4.79 Å². The standard InChI is InChI=1S/C25H21BrN2O3/c1-16-8-11-18(12-9-16)28-24(19-6-4-5-7-20(19)26)27-21(25(28)29)14-17-10-13-22(30-2)23(15-17)31-3/h4-15H,1-3H3/b21-14+. The van der Waals surface area contributed by atoms with E-state index in [0.29, 0.717) is 23.0 Å². The van der Waals surface area contributed by atoms with E-state index in [1.54, 1.807) is 31.3 Å². The van der Waals surface area contributed by atoms with E-state index < -0.39 is 0 Å². The quantitative estimate of drug-likeness (QED) is 0.449. The Morgan fingerprint density at radius 2 is 1.65 bits per heavy atom. The van der Waals surface area contributed by atoms with Crippen LogP contribution in [0.5, 0.6) is 11.5 Å². The zero-order valence-corrected chi connectivity index (χ0v) is 19.0. The first-order valence-electron chi connectivity index (χ1n) is 9.70. The van der Waals surface area contributed by atoms with Gasteiger partial charge in [-0.05, 0) is 48.9 Å². The zero-order chi connectivity index (χ0) is 22.0. The molecule has 0 aromatic heterocycles. The molecule has 0 aliphatic carbocycles. The van der Waals surface area contributed by atoms with Crippen molar-refractivity contribution in [1.29, 1.82) is 0 Å². The molecular weight excluding hydrogens is 456 g/mol. The number of aryl methyl sites for hydroxylation is 1. The highest BCUT2D eigenvalue weighted by Gasteiger charge is 2.33. The fraction of sp³-hybridized carbons (Fsp3) is 0.120. The number of amidine groups is 1. The summed E-state index contributed by atoms with van der Waals surface area (Å²) in [6, 6.07) is 21.1. The van der Waals surface area contributed by atoms with Crippen LogP contribution in [0.2, 0.25) is 0 Å². The van der Waals surface area contributed by atoms with Crippen LogP contribution in [0.3, 0.4) is 0 Å². The van der Waals surface area contributed by atoms with Gasteiger partial charge in [0, 0.05) is 10.0 Å². The van der Waals surface area contributed by atoms with E-state index in [2.05, 4.69) is 15.9 Å². The molecule has 31 heavy (non-hydrogen) atoms. The normalized spacial score (nSPS) is 14.7. The number of carbonyl (C=O) groups is 1. The SMILES string of the molecule is COc1ccc(/C=C2/N=C(c3ccccc3Br)N(c3ccc(C)cc3)C2=O)cc1OC. The van der Waals surface area contributed by atoms with Crippen molar-refractivity contribution in [3.05, 3.63) is 93.6 Å². The lowest BCUT2D eigenvalue weighted by Gasteiger charge is -2.19. The number of aliphatic imine (C=N–C) groups is 1. The predicted molar refractivity (Wildman–Crippen MR) is 127 cm³/mol. The maximum Gasteiger partial charge on any atom is 0.282 e. The van der Waals surface area contributed by atoms with E-state index in [1.807, 2.05) is 67.6 Å². The van der Waals surface area contributed by atoms with Gasteiger partial charge in [0.1, 0.15) is 11.5 Å². The Labute approximate surface area is 189 Å². The largest absolute Gasteiger partial charge is 0.493 e. The molecule has 0 bridgehead atoms. The van der Waals surface area contributed by atoms with Crippen molar-refractivity contribution in [2.24, 2.45) is 4.99 Å². The smallest absolute Gasteiger partial charge is 0.282 e. The minimum Gasteiger partial charge on any atom is -0.493 e. The number of carbonyl (C=O) groups excluding carboxylic acids is 1. The first-order valence-corrected chi connectivity index (χ1v) is 10.5. The summed E-state index contributed by atoms with van der Waals surface area (Å²) in [5, 5.41) is 0. The van der Waals surface area contributed by atoms with E-state index in [1.165, 1.54) is 0 Å². The highest BCUT2D eigenvalue weighted by Crippen LogP contribution is 2.32. The monoisotopic (exact) mass is 476 g/mol. The molecule has 156 valence electrons. The number of rotatable bonds is 5. The maximum atomic E-state index is 13.4. The first kappa shape index (κ1) is 20.9. The van der Waals surface area contributed by atoms with Crippen molar-refractivity contribution in [1.82, 2.24) is 0 Å². The molecule has 1 aliphatic rings. The summed E-state index contributed by atoms with van der Waals surface area (Å²) in [4.78, 5) is 19.8. The van der Waals surface area contributed by atoms with Crippen LogP contribution in [0.4, 0.5) is 5.69 Å². The first-order chi connectivity index (χ1) is 15.0. The predicted octanol–water partition coefficient (Wildman–Crippen LogP) is 5.61. The second kappa shape index (κ2) is 8.78. The average Bonchev–Trinajstić information content (AvgIpc) is 3.10. The number of ether oxygens (including phenoxy) is 2. The number of halogens is 1. The number of amides is 1. The molecule has 0 radical (unpaired) electrons. The van der Waals surface area contributed by atoms with Gasteiger partial charge in [0.15, 0.2) is 11.5 Å². The third-order valence-corrected chi connectivity index (χ3v) is 5.67. The van der Waals surface area contributed by atoms with Crippen LogP contribution in [-0.2, 0) is 4.79 Å². The lowest BCUT2D eigenvalue weighted by molar-refractivity contribution is -0.113. The Morgan fingerprint density at radius 1 is 0.935 bits per heavy atom. The molecule has 0 fully saturated rings. The molecule has 0 unspecified atom stereocenters. The Hall–Kier alpha value is -3.38. The van der Waals surface area contributed by atoms with Gasteiger partial charge < -0.3 is 9.47 Å². The summed E-state index contributed by atoms with van der Waals surface area (Å²) in [5.41, 5.74) is 3.87. The van der Waals surface area contributed by atoms with Gasteiger partial charge in [-0.3, -0.25) is 9.69 Å². The van der Waals surface area contributed by atoms with Crippen molar-refractivity contribution in [3.63, 3.8) is 0 Å². The molecule has 1 aliphatic heterocycles. The second-order valence-corrected chi connectivity index (χ2v) is 7.89. The van der Waals surface area contributed by atoms with E-state index in [-0.39, 0.29) is 5.91 Å². The van der Waals surface area contributed by atoms with Gasteiger partial charge >= 0.3 is 0 Å². The van der Waals surface area contributed by atoms with E-state index >= 15 is 0 Å². The molecule has 0 spiro atoms. The highest BCUT2D eigenvalue weighted by molar-refractivity contribution is 9.10. The van der Waals surface area contributed by atoms with Crippen molar-refractivity contribution < 1.29 is 14.3 Å². The van der Waals surface area contributed by atoms with Crippen LogP contribution >= 0.6 is 15.9 Å². The number of benzene rings is 3. The van der Waals surface area contributed by atoms with Crippen LogP contribution in [0.1, 0.15) is 16.7 Å². The molecule has 5 nitrogen and oxygen atoms in total. The summed E-state index contributed by atoms with van der Waals surface area (Å²) in [5.74, 6) is 1.60. The molecule has 0 atom stereocenters. The Balaban J connectivity index is 1.83. The molecule has 4 rings (SSSR count). The molecule has 3 aromatic rings. The minimum atomic E-state index is -0.190. The Bertz CT molecular complexity index is 1200. The lowest BCUT2D eigenvalue weighted by atomic mass is 10.1. The summed E-state index contributed by atoms with van der Waals surface area (Å²) in [7, 11) is 3.17. The lowest BCUT2D eigenvalue weighted by Crippen LogP contribution is -2.32. The Morgan fingerprint density at radius 3 is 2.32 bits per heavy atom. The topological polar surface area (TPSA) is 51.1 Å². The van der Waals surface area contributed by atoms with E-state index in [4.69, 9.17) is 14.5 Å². The fourth-order valence-corrected chi connectivity index (χ4v) is 3.84. The van der Waals surface area contributed by atoms with Crippen LogP contribution in [-0.4, -0.2) is 26.0 Å². The maximum absolute atomic E-state index is 13.4. The van der Waals surface area contributed by atoms with Gasteiger partial charge in [-0.2, -0.15) is 0 Å². The van der Waals surface area contributed by atoms with Crippen LogP contribution in [0.25, 0.3) is 6.08 Å². The molecule has 3 aromatic carbocycles. The number of nitrogens with zero attached hydrogens (tertiary/aromatic N) is 2. The molecule has 6 heteroatoms. The van der Waals surface area contributed by atoms with Gasteiger partial charge in [0.05, 0.1) is 19.9 Å². The molecule has 0 saturated carbocycles. The number of hydrogen-bond acceptors (Lipinski definition) is 4. The number of hydrogen-bond donors (Lipinski definition) is 0. The highest BCUT2D eigenvalue weighted by atomic mass is 79.9. The van der Waals surface area contributed by atoms with Crippen LogP contribution in [0.15, 0.2) is 81.9 Å². The van der Waals surface area contributed by atoms with E-state index in [0.717, 1.165) is 26.9 Å². The molecule has 0 saturated heterocycles. The third kappa shape index (κ3) is 4.11. The van der Waals surface area contributed by atoms with Gasteiger partial charge in [0.2, 0.25) is 0 Å². The van der Waals surface area contributed by atoms with Gasteiger partial charge in [-0.1, -0.05) is 57.9 Å². The second-order valence-electron chi connectivity index (χ2n) is 7.04. The molecule has 1 heterocycles. The Kier molecular flexibility index (Phi) is 5.91. The summed E-state index contributed by atoms with van der Waals surface area (Å²) < 4.78 is 11.6. The van der Waals surface area contributed by atoms with Crippen LogP contribution < -0.4 is 14.4 Å². The van der Waals surface area contributed by atoms with Gasteiger partial charge in [0.25, 0.3) is 5.91 Å².